The number of phenolic OH excluding ortho intramolecular Hbond substituents is 1. The van der Waals surface area contributed by atoms with E-state index in [0.29, 0.717) is 44.3 Å². The van der Waals surface area contributed by atoms with E-state index in [9.17, 15) is 62.6 Å². The largest absolute Gasteiger partial charge is 0.508 e. The van der Waals surface area contributed by atoms with Gasteiger partial charge in [0.25, 0.3) is 0 Å². The van der Waals surface area contributed by atoms with Crippen molar-refractivity contribution in [2.45, 2.75) is 166 Å². The van der Waals surface area contributed by atoms with E-state index in [-0.39, 0.29) is 75.7 Å². The Balaban J connectivity index is 1.36. The Hall–Kier alpha value is -9.71. The van der Waals surface area contributed by atoms with E-state index in [1.807, 2.05) is 30.3 Å². The number of unbranched alkanes of at least 4 members (excludes halogenated alkanes) is 1. The number of amides is 12. The summed E-state index contributed by atoms with van der Waals surface area (Å²) in [7, 11) is 0. The minimum Gasteiger partial charge on any atom is -0.508 e. The predicted octanol–water partition coefficient (Wildman–Crippen LogP) is -2.77. The van der Waals surface area contributed by atoms with Crippen LogP contribution >= 0.6 is 0 Å². The number of rotatable bonds is 33. The summed E-state index contributed by atoms with van der Waals surface area (Å²) in [6.07, 6.45) is 1.31. The number of carbonyl (C=O) groups is 12. The van der Waals surface area contributed by atoms with E-state index in [2.05, 4.69) is 63.5 Å². The highest BCUT2D eigenvalue weighted by molar-refractivity contribution is 6.00. The Labute approximate surface area is 552 Å². The topological polar surface area (TPSA) is 477 Å². The molecule has 3 aromatic carbocycles. The Morgan fingerprint density at radius 2 is 1.34 bits per heavy atom. The molecule has 0 saturated carbocycles. The van der Waals surface area contributed by atoms with E-state index in [1.165, 1.54) is 17.0 Å². The molecule has 2 saturated heterocycles. The van der Waals surface area contributed by atoms with Gasteiger partial charge in [-0.05, 0) is 105 Å². The zero-order chi connectivity index (χ0) is 69.6. The number of hydrogen-bond acceptors (Lipinski definition) is 16. The van der Waals surface area contributed by atoms with Crippen LogP contribution in [-0.4, -0.2) is 180 Å². The molecule has 2 fully saturated rings. The van der Waals surface area contributed by atoms with E-state index >= 15 is 0 Å². The van der Waals surface area contributed by atoms with Crippen molar-refractivity contribution in [1.29, 1.82) is 0 Å². The second-order valence-corrected chi connectivity index (χ2v) is 24.2. The van der Waals surface area contributed by atoms with Crippen LogP contribution in [0.4, 0.5) is 0 Å². The van der Waals surface area contributed by atoms with Crippen LogP contribution in [0.15, 0.2) is 89.9 Å². The molecule has 12 amide bonds. The number of likely N-dealkylation sites (tertiary alicyclic amines) is 1. The first-order valence-electron chi connectivity index (χ1n) is 32.2. The lowest BCUT2D eigenvalue weighted by atomic mass is 9.96. The van der Waals surface area contributed by atoms with Gasteiger partial charge in [-0.2, -0.15) is 0 Å². The maximum absolute atomic E-state index is 14.7. The van der Waals surface area contributed by atoms with Crippen LogP contribution in [0.2, 0.25) is 0 Å². The number of benzene rings is 3. The second-order valence-electron chi connectivity index (χ2n) is 24.2. The number of hydrogen-bond donors (Lipinski definition) is 16. The summed E-state index contributed by atoms with van der Waals surface area (Å²) in [5.41, 5.74) is 24.6. The predicted molar refractivity (Wildman–Crippen MR) is 352 cm³/mol. The van der Waals surface area contributed by atoms with Gasteiger partial charge in [0.1, 0.15) is 54.1 Å². The maximum atomic E-state index is 14.7. The first-order chi connectivity index (χ1) is 45.3. The van der Waals surface area contributed by atoms with Crippen molar-refractivity contribution < 1.29 is 62.6 Å². The number of phenols is 1. The fourth-order valence-corrected chi connectivity index (χ4v) is 10.7. The molecular weight excluding hydrogens is 1230 g/mol. The molecule has 3 aromatic rings. The summed E-state index contributed by atoms with van der Waals surface area (Å²) in [5.74, 6) is -10.8. The molecule has 518 valence electrons. The third-order valence-electron chi connectivity index (χ3n) is 16.2. The van der Waals surface area contributed by atoms with Crippen LogP contribution in [0.1, 0.15) is 109 Å². The number of primary amides is 1. The van der Waals surface area contributed by atoms with Gasteiger partial charge in [-0.3, -0.25) is 62.5 Å². The minimum atomic E-state index is -1.78. The summed E-state index contributed by atoms with van der Waals surface area (Å²) in [5, 5.41) is 39.3. The third-order valence-corrected chi connectivity index (χ3v) is 16.2. The molecule has 30 nitrogen and oxygen atoms in total. The Bertz CT molecular complexity index is 3120. The Morgan fingerprint density at radius 3 is 1.98 bits per heavy atom. The van der Waals surface area contributed by atoms with E-state index < -0.39 is 157 Å². The molecule has 0 aliphatic carbocycles. The zero-order valence-electron chi connectivity index (χ0n) is 54.4. The van der Waals surface area contributed by atoms with Crippen molar-refractivity contribution in [3.05, 3.63) is 102 Å². The normalized spacial score (nSPS) is 19.3. The number of nitrogens with one attached hydrogen (secondary N) is 11. The molecule has 0 bridgehead atoms. The number of nitrogens with zero attached hydrogens (tertiary/aromatic N) is 2. The molecule has 95 heavy (non-hydrogen) atoms. The van der Waals surface area contributed by atoms with Crippen LogP contribution in [0.5, 0.6) is 5.75 Å². The zero-order valence-corrected chi connectivity index (χ0v) is 54.4. The fourth-order valence-electron chi connectivity index (χ4n) is 10.7. The standard InChI is InChI=1S/C65H95N17O13/c1-5-39(4)55-63(94)80-50(64(95)82-29-15-22-51(82)62(93)76-44(56(67)87)20-12-13-27-66)35-72-52(84)33-49(61(92)77-45(58(89)81-55)21-14-28-70-65(68)69)79-59(90)47(30-38(2)3)78-60(91)48(32-40-16-8-6-9-17-40)75-54(86)37-73-53(85)36-74-57(88)46(31-41-23-25-43(83)26-24-41)71-34-42-18-10-7-11-19-42/h6-11,16-19,23-26,38-39,44-51,55,71,83H,5,12-15,20-22,27-37,66H2,1-4H3,(H2,67,87)(H,72,84)(H,73,85)(H,74,88)(H,75,86)(H,76,93)(H,77,92)(H,78,91)(H,79,90)(H,80,94)(H,81,89)(H4,68,69,70)/t39-,44-,45-,46-,47-,48-,49+,50-,51-,55-/m0/s1. The number of nitrogens with two attached hydrogens (primary N) is 4. The Morgan fingerprint density at radius 1 is 0.684 bits per heavy atom. The monoisotopic (exact) mass is 1320 g/mol. The van der Waals surface area contributed by atoms with Crippen LogP contribution in [0, 0.1) is 11.8 Å². The maximum Gasteiger partial charge on any atom is 0.247 e. The molecule has 2 aliphatic heterocycles. The van der Waals surface area contributed by atoms with Gasteiger partial charge in [-0.1, -0.05) is 107 Å². The average Bonchev–Trinajstić information content (AvgIpc) is 1.28. The van der Waals surface area contributed by atoms with Gasteiger partial charge < -0.3 is 91.4 Å². The number of aliphatic imine (C=N–C) groups is 1. The number of guanidine groups is 1. The lowest BCUT2D eigenvalue weighted by Crippen LogP contribution is -2.63. The third kappa shape index (κ3) is 26.0. The molecule has 30 heteroatoms. The van der Waals surface area contributed by atoms with Crippen LogP contribution in [0.3, 0.4) is 0 Å². The first kappa shape index (κ1) is 76.0. The summed E-state index contributed by atoms with van der Waals surface area (Å²) in [6, 6.07) is 12.4. The lowest BCUT2D eigenvalue weighted by Gasteiger charge is -2.32. The average molecular weight is 1320 g/mol. The van der Waals surface area contributed by atoms with E-state index in [1.54, 1.807) is 70.2 Å². The summed E-state index contributed by atoms with van der Waals surface area (Å²) < 4.78 is 0. The van der Waals surface area contributed by atoms with Gasteiger partial charge >= 0.3 is 0 Å². The quantitative estimate of drug-likeness (QED) is 0.0167. The van der Waals surface area contributed by atoms with Crippen molar-refractivity contribution in [3.8, 4) is 5.75 Å². The highest BCUT2D eigenvalue weighted by Crippen LogP contribution is 2.21. The van der Waals surface area contributed by atoms with Gasteiger partial charge in [0.2, 0.25) is 70.9 Å². The summed E-state index contributed by atoms with van der Waals surface area (Å²) in [4.78, 5) is 173. The Kier molecular flexibility index (Phi) is 31.3. The molecule has 5 rings (SSSR count). The highest BCUT2D eigenvalue weighted by Gasteiger charge is 2.41. The molecule has 0 radical (unpaired) electrons. The SMILES string of the molecule is CC[C@H](C)[C@@H]1NC(=O)[C@H](CCCN=C(N)N)NC(=O)[C@H](NC(=O)[C@H](CC(C)C)NC(=O)[C@H](Cc2ccccc2)NC(=O)CNC(=O)CNC(=O)[C@H](Cc2ccc(O)cc2)NCc2ccccc2)CC(=O)NC[C@@H](C(=O)N2CCC[C@H]2C(=O)N[C@@H](CCCCN)C(N)=O)NC1=O. The van der Waals surface area contributed by atoms with Crippen molar-refractivity contribution >= 4 is 76.8 Å². The molecule has 2 aliphatic rings. The van der Waals surface area contributed by atoms with Crippen molar-refractivity contribution in [2.24, 2.45) is 39.8 Å². The smallest absolute Gasteiger partial charge is 0.247 e. The van der Waals surface area contributed by atoms with Crippen molar-refractivity contribution in [3.63, 3.8) is 0 Å². The molecule has 0 aromatic heterocycles. The highest BCUT2D eigenvalue weighted by atomic mass is 16.3. The van der Waals surface area contributed by atoms with E-state index in [4.69, 9.17) is 22.9 Å². The van der Waals surface area contributed by atoms with Gasteiger partial charge in [-0.25, -0.2) is 0 Å². The van der Waals surface area contributed by atoms with Crippen molar-refractivity contribution in [1.82, 2.24) is 63.4 Å². The minimum absolute atomic E-state index is 0.00639. The summed E-state index contributed by atoms with van der Waals surface area (Å²) >= 11 is 0. The van der Waals surface area contributed by atoms with Gasteiger partial charge in [0.15, 0.2) is 5.96 Å². The second kappa shape index (κ2) is 39.1. The lowest BCUT2D eigenvalue weighted by molar-refractivity contribution is -0.143. The van der Waals surface area contributed by atoms with Crippen molar-refractivity contribution in [2.75, 3.05) is 39.3 Å². The van der Waals surface area contributed by atoms with Gasteiger partial charge in [0.05, 0.1) is 25.6 Å². The first-order valence-corrected chi connectivity index (χ1v) is 32.2. The fraction of sp³-hybridized carbons (Fsp3) is 0.523. The van der Waals surface area contributed by atoms with Crippen LogP contribution < -0.4 is 81.4 Å². The van der Waals surface area contributed by atoms with Crippen LogP contribution in [0.25, 0.3) is 0 Å². The molecular formula is C65H95N17O13. The molecule has 10 atom stereocenters. The van der Waals surface area contributed by atoms with Crippen LogP contribution in [-0.2, 0) is 76.9 Å². The summed E-state index contributed by atoms with van der Waals surface area (Å²) in [6.45, 7) is 5.92. The molecule has 0 unspecified atom stereocenters. The molecule has 2 heterocycles. The molecule has 20 N–H and O–H groups in total. The number of carbonyl (C=O) groups excluding carboxylic acids is 12. The number of aromatic hydroxyl groups is 1. The van der Waals surface area contributed by atoms with Gasteiger partial charge in [-0.15, -0.1) is 0 Å². The van der Waals surface area contributed by atoms with Gasteiger partial charge in [0, 0.05) is 32.6 Å². The van der Waals surface area contributed by atoms with E-state index in [0.717, 1.165) is 11.1 Å². The molecule has 0 spiro atoms.